The van der Waals surface area contributed by atoms with Crippen molar-refractivity contribution in [2.45, 2.75) is 25.8 Å². The monoisotopic (exact) mass is 264 g/mol. The zero-order valence-electron chi connectivity index (χ0n) is 10.9. The lowest BCUT2D eigenvalue weighted by molar-refractivity contribution is 0.260. The highest BCUT2D eigenvalue weighted by molar-refractivity contribution is 7.80. The summed E-state index contributed by atoms with van der Waals surface area (Å²) in [5.41, 5.74) is 7.55. The molecular weight excluding hydrogens is 244 g/mol. The molecular formula is C13H20N4S. The number of hydrogen-bond acceptors (Lipinski definition) is 4. The lowest BCUT2D eigenvalue weighted by Gasteiger charge is -2.31. The summed E-state index contributed by atoms with van der Waals surface area (Å²) in [4.78, 5) is 7.24. The van der Waals surface area contributed by atoms with E-state index in [0.29, 0.717) is 11.0 Å². The Morgan fingerprint density at radius 3 is 3.00 bits per heavy atom. The number of rotatable bonds is 3. The predicted molar refractivity (Wildman–Crippen MR) is 79.0 cm³/mol. The Morgan fingerprint density at radius 2 is 2.33 bits per heavy atom. The fourth-order valence-corrected chi connectivity index (χ4v) is 2.51. The summed E-state index contributed by atoms with van der Waals surface area (Å²) in [5.74, 6) is 0.822. The molecule has 0 aliphatic carbocycles. The van der Waals surface area contributed by atoms with Gasteiger partial charge in [0.1, 0.15) is 10.8 Å². The van der Waals surface area contributed by atoms with E-state index in [1.165, 1.54) is 13.0 Å². The van der Waals surface area contributed by atoms with Crippen molar-refractivity contribution >= 4 is 23.0 Å². The van der Waals surface area contributed by atoms with Gasteiger partial charge in [-0.3, -0.25) is 0 Å². The molecule has 18 heavy (non-hydrogen) atoms. The van der Waals surface area contributed by atoms with Gasteiger partial charge in [0, 0.05) is 18.3 Å². The second-order valence-corrected chi connectivity index (χ2v) is 5.40. The fourth-order valence-electron chi connectivity index (χ4n) is 2.34. The predicted octanol–water partition coefficient (Wildman–Crippen LogP) is 1.53. The number of aryl methyl sites for hydroxylation is 1. The third-order valence-electron chi connectivity index (χ3n) is 3.27. The molecule has 0 amide bonds. The summed E-state index contributed by atoms with van der Waals surface area (Å²) < 4.78 is 0. The molecule has 1 aromatic heterocycles. The van der Waals surface area contributed by atoms with E-state index in [0.717, 1.165) is 30.0 Å². The van der Waals surface area contributed by atoms with Gasteiger partial charge in [-0.15, -0.1) is 0 Å². The number of aromatic nitrogens is 1. The van der Waals surface area contributed by atoms with Crippen LogP contribution < -0.4 is 11.1 Å². The number of nitrogens with two attached hydrogens (primary N) is 1. The number of likely N-dealkylation sites (N-methyl/N-ethyl adjacent to an activating group) is 1. The minimum atomic E-state index is 0.397. The molecule has 1 unspecified atom stereocenters. The molecule has 0 aromatic carbocycles. The van der Waals surface area contributed by atoms with Crippen molar-refractivity contribution in [1.82, 2.24) is 9.88 Å². The molecule has 2 heterocycles. The topological polar surface area (TPSA) is 54.2 Å². The summed E-state index contributed by atoms with van der Waals surface area (Å²) in [6.07, 6.45) is 2.37. The number of likely N-dealkylation sites (tertiary alicyclic amines) is 1. The normalized spacial score (nSPS) is 20.7. The Labute approximate surface area is 114 Å². The maximum absolute atomic E-state index is 5.74. The van der Waals surface area contributed by atoms with Crippen molar-refractivity contribution in [3.63, 3.8) is 0 Å². The number of hydrogen-bond donors (Lipinski definition) is 2. The third kappa shape index (κ3) is 3.17. The van der Waals surface area contributed by atoms with E-state index >= 15 is 0 Å². The van der Waals surface area contributed by atoms with Crippen LogP contribution in [0.25, 0.3) is 0 Å². The Kier molecular flexibility index (Phi) is 4.14. The molecule has 1 aliphatic heterocycles. The van der Waals surface area contributed by atoms with Crippen molar-refractivity contribution in [3.8, 4) is 0 Å². The average molecular weight is 264 g/mol. The number of thiocarbonyl (C=S) groups is 1. The highest BCUT2D eigenvalue weighted by atomic mass is 32.1. The molecule has 0 radical (unpaired) electrons. The van der Waals surface area contributed by atoms with Crippen LogP contribution >= 0.6 is 12.2 Å². The molecule has 0 bridgehead atoms. The first kappa shape index (κ1) is 13.2. The molecule has 3 N–H and O–H groups in total. The van der Waals surface area contributed by atoms with E-state index in [4.69, 9.17) is 18.0 Å². The van der Waals surface area contributed by atoms with E-state index in [1.807, 2.05) is 19.1 Å². The maximum Gasteiger partial charge on any atom is 0.136 e. The average Bonchev–Trinajstić information content (AvgIpc) is 2.28. The minimum absolute atomic E-state index is 0.397. The van der Waals surface area contributed by atoms with Crippen molar-refractivity contribution in [2.24, 2.45) is 5.73 Å². The highest BCUT2D eigenvalue weighted by Gasteiger charge is 2.18. The Hall–Kier alpha value is -1.20. The SMILES string of the molecule is Cc1ccc(C(N)=S)c(NC2CCCN(C)C2)n1. The van der Waals surface area contributed by atoms with Crippen molar-refractivity contribution in [2.75, 3.05) is 25.5 Å². The van der Waals surface area contributed by atoms with E-state index < -0.39 is 0 Å². The second kappa shape index (κ2) is 5.63. The second-order valence-electron chi connectivity index (χ2n) is 4.96. The number of piperidine rings is 1. The zero-order valence-corrected chi connectivity index (χ0v) is 11.8. The molecule has 0 saturated carbocycles. The van der Waals surface area contributed by atoms with Gasteiger partial charge in [0.25, 0.3) is 0 Å². The van der Waals surface area contributed by atoms with Crippen molar-refractivity contribution < 1.29 is 0 Å². The Balaban J connectivity index is 2.16. The molecule has 1 saturated heterocycles. The molecule has 2 rings (SSSR count). The fraction of sp³-hybridized carbons (Fsp3) is 0.538. The largest absolute Gasteiger partial charge is 0.389 e. The molecule has 1 atom stereocenters. The third-order valence-corrected chi connectivity index (χ3v) is 3.49. The zero-order chi connectivity index (χ0) is 13.1. The Morgan fingerprint density at radius 1 is 1.56 bits per heavy atom. The number of pyridine rings is 1. The molecule has 0 spiro atoms. The van der Waals surface area contributed by atoms with Crippen LogP contribution in [0.5, 0.6) is 0 Å². The van der Waals surface area contributed by atoms with Crippen LogP contribution in [0.1, 0.15) is 24.1 Å². The van der Waals surface area contributed by atoms with Gasteiger partial charge in [-0.2, -0.15) is 0 Å². The quantitative estimate of drug-likeness (QED) is 0.811. The first-order chi connectivity index (χ1) is 8.56. The van der Waals surface area contributed by atoms with Crippen LogP contribution in [-0.4, -0.2) is 41.1 Å². The molecule has 98 valence electrons. The summed E-state index contributed by atoms with van der Waals surface area (Å²) >= 11 is 5.07. The van der Waals surface area contributed by atoms with Gasteiger partial charge in [-0.25, -0.2) is 4.98 Å². The van der Waals surface area contributed by atoms with E-state index in [9.17, 15) is 0 Å². The van der Waals surface area contributed by atoms with Gasteiger partial charge in [0.05, 0.1) is 5.56 Å². The highest BCUT2D eigenvalue weighted by Crippen LogP contribution is 2.18. The molecule has 4 nitrogen and oxygen atoms in total. The van der Waals surface area contributed by atoms with E-state index in [1.54, 1.807) is 0 Å². The first-order valence-electron chi connectivity index (χ1n) is 6.29. The van der Waals surface area contributed by atoms with Gasteiger partial charge < -0.3 is 16.0 Å². The lowest BCUT2D eigenvalue weighted by Crippen LogP contribution is -2.40. The van der Waals surface area contributed by atoms with Crippen LogP contribution in [-0.2, 0) is 0 Å². The summed E-state index contributed by atoms with van der Waals surface area (Å²) in [7, 11) is 2.14. The van der Waals surface area contributed by atoms with Gasteiger partial charge >= 0.3 is 0 Å². The van der Waals surface area contributed by atoms with Crippen LogP contribution in [0, 0.1) is 6.92 Å². The van der Waals surface area contributed by atoms with Gasteiger partial charge in [-0.05, 0) is 45.5 Å². The van der Waals surface area contributed by atoms with Gasteiger partial charge in [-0.1, -0.05) is 12.2 Å². The summed E-state index contributed by atoms with van der Waals surface area (Å²) in [5, 5.41) is 3.48. The molecule has 1 aromatic rings. The number of anilines is 1. The summed E-state index contributed by atoms with van der Waals surface area (Å²) in [6.45, 7) is 4.18. The number of nitrogens with one attached hydrogen (secondary N) is 1. The van der Waals surface area contributed by atoms with Gasteiger partial charge in [0.2, 0.25) is 0 Å². The van der Waals surface area contributed by atoms with E-state index in [-0.39, 0.29) is 0 Å². The minimum Gasteiger partial charge on any atom is -0.389 e. The Bertz CT molecular complexity index is 447. The van der Waals surface area contributed by atoms with E-state index in [2.05, 4.69) is 22.2 Å². The van der Waals surface area contributed by atoms with Crippen molar-refractivity contribution in [3.05, 3.63) is 23.4 Å². The number of nitrogens with zero attached hydrogens (tertiary/aromatic N) is 2. The van der Waals surface area contributed by atoms with Gasteiger partial charge in [0.15, 0.2) is 0 Å². The molecule has 5 heteroatoms. The smallest absolute Gasteiger partial charge is 0.136 e. The van der Waals surface area contributed by atoms with Crippen LogP contribution in [0.3, 0.4) is 0 Å². The first-order valence-corrected chi connectivity index (χ1v) is 6.69. The lowest BCUT2D eigenvalue weighted by atomic mass is 10.1. The van der Waals surface area contributed by atoms with Crippen molar-refractivity contribution in [1.29, 1.82) is 0 Å². The molecule has 1 aliphatic rings. The summed E-state index contributed by atoms with van der Waals surface area (Å²) in [6, 6.07) is 4.30. The molecule has 1 fully saturated rings. The maximum atomic E-state index is 5.74. The van der Waals surface area contributed by atoms with Crippen LogP contribution in [0.4, 0.5) is 5.82 Å². The standard InChI is InChI=1S/C13H20N4S/c1-9-5-6-11(12(14)18)13(15-9)16-10-4-3-7-17(2)8-10/h5-6,10H,3-4,7-8H2,1-2H3,(H2,14,18)(H,15,16). The van der Waals surface area contributed by atoms with Crippen LogP contribution in [0.15, 0.2) is 12.1 Å². The van der Waals surface area contributed by atoms with Crippen LogP contribution in [0.2, 0.25) is 0 Å².